The Morgan fingerprint density at radius 2 is 1.94 bits per heavy atom. The quantitative estimate of drug-likeness (QED) is 0.899. The van der Waals surface area contributed by atoms with E-state index in [1.54, 1.807) is 0 Å². The molecule has 0 atom stereocenters. The van der Waals surface area contributed by atoms with Gasteiger partial charge in [0.2, 0.25) is 0 Å². The second kappa shape index (κ2) is 6.03. The normalized spacial score (nSPS) is 10.8. The molecule has 0 aliphatic carbocycles. The number of rotatable bonds is 5. The van der Waals surface area contributed by atoms with Crippen molar-refractivity contribution in [1.29, 1.82) is 0 Å². The summed E-state index contributed by atoms with van der Waals surface area (Å²) in [5.41, 5.74) is 3.28. The minimum Gasteiger partial charge on any atom is -0.307 e. The van der Waals surface area contributed by atoms with Crippen LogP contribution in [0.2, 0.25) is 5.02 Å². The fourth-order valence-electron chi connectivity index (χ4n) is 1.93. The molecular weight excluding hydrogens is 246 g/mol. The molecular formula is C14H18ClN3. The van der Waals surface area contributed by atoms with Crippen LogP contribution in [0.4, 0.5) is 0 Å². The zero-order chi connectivity index (χ0) is 13.0. The molecule has 0 bridgehead atoms. The Morgan fingerprint density at radius 3 is 2.56 bits per heavy atom. The van der Waals surface area contributed by atoms with Crippen LogP contribution in [0, 0.1) is 0 Å². The SMILES string of the molecule is CCc1nn(C)c(CNCc2ccccc2)c1Cl. The monoisotopic (exact) mass is 263 g/mol. The van der Waals surface area contributed by atoms with Crippen LogP contribution in [0.3, 0.4) is 0 Å². The van der Waals surface area contributed by atoms with Crippen molar-refractivity contribution in [2.75, 3.05) is 0 Å². The maximum absolute atomic E-state index is 6.29. The minimum absolute atomic E-state index is 0.733. The van der Waals surface area contributed by atoms with Crippen LogP contribution in [-0.2, 0) is 26.6 Å². The van der Waals surface area contributed by atoms with E-state index in [9.17, 15) is 0 Å². The summed E-state index contributed by atoms with van der Waals surface area (Å²) in [6, 6.07) is 10.3. The molecule has 1 N–H and O–H groups in total. The van der Waals surface area contributed by atoms with Gasteiger partial charge in [-0.2, -0.15) is 5.10 Å². The van der Waals surface area contributed by atoms with Crippen LogP contribution in [0.5, 0.6) is 0 Å². The highest BCUT2D eigenvalue weighted by Crippen LogP contribution is 2.20. The van der Waals surface area contributed by atoms with E-state index in [0.29, 0.717) is 0 Å². The summed E-state index contributed by atoms with van der Waals surface area (Å²) < 4.78 is 1.86. The topological polar surface area (TPSA) is 29.9 Å². The molecule has 0 aliphatic rings. The Balaban J connectivity index is 1.96. The van der Waals surface area contributed by atoms with Crippen LogP contribution in [-0.4, -0.2) is 9.78 Å². The van der Waals surface area contributed by atoms with Gasteiger partial charge in [-0.15, -0.1) is 0 Å². The van der Waals surface area contributed by atoms with Gasteiger partial charge in [0.25, 0.3) is 0 Å². The summed E-state index contributed by atoms with van der Waals surface area (Å²) in [6.07, 6.45) is 0.866. The lowest BCUT2D eigenvalue weighted by molar-refractivity contribution is 0.623. The molecule has 2 rings (SSSR count). The zero-order valence-electron chi connectivity index (χ0n) is 10.8. The molecule has 0 saturated heterocycles. The van der Waals surface area contributed by atoms with Gasteiger partial charge in [-0.05, 0) is 12.0 Å². The molecule has 0 aliphatic heterocycles. The van der Waals surface area contributed by atoms with E-state index in [-0.39, 0.29) is 0 Å². The maximum atomic E-state index is 6.29. The Labute approximate surface area is 113 Å². The molecule has 0 unspecified atom stereocenters. The molecule has 96 valence electrons. The van der Waals surface area contributed by atoms with E-state index in [2.05, 4.69) is 29.5 Å². The van der Waals surface area contributed by atoms with Crippen molar-refractivity contribution in [2.45, 2.75) is 26.4 Å². The van der Waals surface area contributed by atoms with E-state index < -0.39 is 0 Å². The van der Waals surface area contributed by atoms with E-state index in [0.717, 1.165) is 35.9 Å². The van der Waals surface area contributed by atoms with Crippen molar-refractivity contribution in [3.05, 3.63) is 52.3 Å². The van der Waals surface area contributed by atoms with Crippen molar-refractivity contribution >= 4 is 11.6 Å². The fourth-order valence-corrected chi connectivity index (χ4v) is 2.29. The van der Waals surface area contributed by atoms with Crippen LogP contribution in [0.15, 0.2) is 30.3 Å². The van der Waals surface area contributed by atoms with E-state index in [1.807, 2.05) is 29.9 Å². The third-order valence-corrected chi connectivity index (χ3v) is 3.40. The lowest BCUT2D eigenvalue weighted by Gasteiger charge is -2.06. The number of nitrogens with one attached hydrogen (secondary N) is 1. The summed E-state index contributed by atoms with van der Waals surface area (Å²) in [5, 5.41) is 8.58. The molecule has 0 saturated carbocycles. The third-order valence-electron chi connectivity index (χ3n) is 2.97. The molecule has 1 aromatic heterocycles. The number of benzene rings is 1. The van der Waals surface area contributed by atoms with Gasteiger partial charge in [-0.1, -0.05) is 48.9 Å². The lowest BCUT2D eigenvalue weighted by Crippen LogP contribution is -2.15. The molecule has 1 aromatic carbocycles. The van der Waals surface area contributed by atoms with E-state index in [1.165, 1.54) is 5.56 Å². The van der Waals surface area contributed by atoms with Gasteiger partial charge in [0.05, 0.1) is 16.4 Å². The number of aromatic nitrogens is 2. The van der Waals surface area contributed by atoms with Crippen molar-refractivity contribution in [1.82, 2.24) is 15.1 Å². The summed E-state index contributed by atoms with van der Waals surface area (Å²) >= 11 is 6.29. The molecule has 1 heterocycles. The van der Waals surface area contributed by atoms with Gasteiger partial charge in [0.1, 0.15) is 0 Å². The standard InChI is InChI=1S/C14H18ClN3/c1-3-12-14(15)13(18(2)17-12)10-16-9-11-7-5-4-6-8-11/h4-8,16H,3,9-10H2,1-2H3. The van der Waals surface area contributed by atoms with Gasteiger partial charge < -0.3 is 5.32 Å². The summed E-state index contributed by atoms with van der Waals surface area (Å²) in [7, 11) is 1.94. The molecule has 4 heteroatoms. The Morgan fingerprint density at radius 1 is 1.22 bits per heavy atom. The molecule has 0 radical (unpaired) electrons. The molecule has 0 spiro atoms. The molecule has 3 nitrogen and oxygen atoms in total. The average molecular weight is 264 g/mol. The summed E-state index contributed by atoms with van der Waals surface area (Å²) in [4.78, 5) is 0. The highest BCUT2D eigenvalue weighted by molar-refractivity contribution is 6.31. The van der Waals surface area contributed by atoms with Crippen molar-refractivity contribution in [3.63, 3.8) is 0 Å². The summed E-state index contributed by atoms with van der Waals surface area (Å²) in [6.45, 7) is 3.64. The average Bonchev–Trinajstić information content (AvgIpc) is 2.67. The Kier molecular flexibility index (Phi) is 4.39. The first kappa shape index (κ1) is 13.1. The number of hydrogen-bond acceptors (Lipinski definition) is 2. The predicted molar refractivity (Wildman–Crippen MR) is 74.6 cm³/mol. The minimum atomic E-state index is 0.733. The van der Waals surface area contributed by atoms with Crippen LogP contribution < -0.4 is 5.32 Å². The second-order valence-electron chi connectivity index (χ2n) is 4.27. The van der Waals surface area contributed by atoms with Gasteiger partial charge in [0, 0.05) is 20.1 Å². The molecule has 18 heavy (non-hydrogen) atoms. The Hall–Kier alpha value is -1.32. The largest absolute Gasteiger partial charge is 0.307 e. The van der Waals surface area contributed by atoms with Crippen molar-refractivity contribution in [3.8, 4) is 0 Å². The molecule has 0 fully saturated rings. The second-order valence-corrected chi connectivity index (χ2v) is 4.65. The Bertz CT molecular complexity index is 505. The fraction of sp³-hybridized carbons (Fsp3) is 0.357. The lowest BCUT2D eigenvalue weighted by atomic mass is 10.2. The first-order chi connectivity index (χ1) is 8.72. The highest BCUT2D eigenvalue weighted by atomic mass is 35.5. The first-order valence-electron chi connectivity index (χ1n) is 6.17. The van der Waals surface area contributed by atoms with Crippen LogP contribution >= 0.6 is 11.6 Å². The number of hydrogen-bond donors (Lipinski definition) is 1. The molecule has 2 aromatic rings. The van der Waals surface area contributed by atoms with Crippen LogP contribution in [0.1, 0.15) is 23.9 Å². The number of nitrogens with zero attached hydrogens (tertiary/aromatic N) is 2. The van der Waals surface area contributed by atoms with Gasteiger partial charge in [-0.25, -0.2) is 0 Å². The van der Waals surface area contributed by atoms with Crippen molar-refractivity contribution < 1.29 is 0 Å². The first-order valence-corrected chi connectivity index (χ1v) is 6.55. The van der Waals surface area contributed by atoms with Crippen molar-refractivity contribution in [2.24, 2.45) is 7.05 Å². The van der Waals surface area contributed by atoms with Gasteiger partial charge >= 0.3 is 0 Å². The smallest absolute Gasteiger partial charge is 0.0863 e. The number of halogens is 1. The maximum Gasteiger partial charge on any atom is 0.0863 e. The highest BCUT2D eigenvalue weighted by Gasteiger charge is 2.11. The molecule has 0 amide bonds. The predicted octanol–water partition coefficient (Wildman–Crippen LogP) is 2.93. The van der Waals surface area contributed by atoms with E-state index >= 15 is 0 Å². The van der Waals surface area contributed by atoms with Gasteiger partial charge in [0.15, 0.2) is 0 Å². The zero-order valence-corrected chi connectivity index (χ0v) is 11.5. The van der Waals surface area contributed by atoms with Gasteiger partial charge in [-0.3, -0.25) is 4.68 Å². The third kappa shape index (κ3) is 2.92. The number of aryl methyl sites for hydroxylation is 2. The van der Waals surface area contributed by atoms with E-state index in [4.69, 9.17) is 11.6 Å². The summed E-state index contributed by atoms with van der Waals surface area (Å²) in [5.74, 6) is 0. The van der Waals surface area contributed by atoms with Crippen LogP contribution in [0.25, 0.3) is 0 Å².